The Balaban J connectivity index is 2.28. The largest absolute Gasteiger partial charge is 0.197 e. The molecule has 1 aliphatic rings. The lowest BCUT2D eigenvalue weighted by Gasteiger charge is -1.80. The van der Waals surface area contributed by atoms with E-state index in [0.29, 0.717) is 0 Å². The van der Waals surface area contributed by atoms with E-state index < -0.39 is 0 Å². The van der Waals surface area contributed by atoms with Crippen molar-refractivity contribution in [1.82, 2.24) is 4.37 Å². The van der Waals surface area contributed by atoms with Gasteiger partial charge in [-0.25, -0.2) is 0 Å². The molecular weight excluding hydrogens is 118 g/mol. The minimum atomic E-state index is 0.803. The van der Waals surface area contributed by atoms with Crippen molar-refractivity contribution in [2.24, 2.45) is 0 Å². The van der Waals surface area contributed by atoms with Crippen LogP contribution >= 0.6 is 11.5 Å². The fourth-order valence-corrected chi connectivity index (χ4v) is 1.30. The van der Waals surface area contributed by atoms with Gasteiger partial charge in [-0.05, 0) is 30.4 Å². The van der Waals surface area contributed by atoms with E-state index in [1.54, 1.807) is 0 Å². The molecule has 1 aromatic heterocycles. The summed E-state index contributed by atoms with van der Waals surface area (Å²) in [7, 11) is 0. The van der Waals surface area contributed by atoms with Gasteiger partial charge < -0.3 is 0 Å². The van der Waals surface area contributed by atoms with Gasteiger partial charge in [0.05, 0.1) is 11.1 Å². The van der Waals surface area contributed by atoms with Gasteiger partial charge >= 0.3 is 0 Å². The maximum atomic E-state index is 4.16. The molecule has 1 saturated carbocycles. The Morgan fingerprint density at radius 1 is 1.75 bits per heavy atom. The SMILES string of the molecule is [c]1cc(C2CC2)ns1. The zero-order valence-electron chi connectivity index (χ0n) is 4.42. The summed E-state index contributed by atoms with van der Waals surface area (Å²) in [5.41, 5.74) is 1.26. The second kappa shape index (κ2) is 1.55. The van der Waals surface area contributed by atoms with E-state index in [1.165, 1.54) is 30.1 Å². The van der Waals surface area contributed by atoms with Gasteiger partial charge in [0.25, 0.3) is 0 Å². The Morgan fingerprint density at radius 3 is 3.12 bits per heavy atom. The number of aromatic nitrogens is 1. The summed E-state index contributed by atoms with van der Waals surface area (Å²) in [5, 5.41) is 2.98. The highest BCUT2D eigenvalue weighted by atomic mass is 32.1. The Kier molecular flexibility index (Phi) is 0.875. The van der Waals surface area contributed by atoms with Crippen LogP contribution in [0, 0.1) is 5.38 Å². The van der Waals surface area contributed by atoms with E-state index in [4.69, 9.17) is 0 Å². The number of rotatable bonds is 1. The van der Waals surface area contributed by atoms with Gasteiger partial charge in [-0.3, -0.25) is 0 Å². The minimum Gasteiger partial charge on any atom is -0.197 e. The van der Waals surface area contributed by atoms with Gasteiger partial charge in [-0.1, -0.05) is 0 Å². The molecule has 0 atom stereocenters. The first-order valence-corrected chi connectivity index (χ1v) is 3.57. The predicted octanol–water partition coefficient (Wildman–Crippen LogP) is 1.82. The van der Waals surface area contributed by atoms with Crippen LogP contribution in [0.15, 0.2) is 6.07 Å². The third-order valence-electron chi connectivity index (χ3n) is 1.41. The first-order chi connectivity index (χ1) is 3.97. The van der Waals surface area contributed by atoms with E-state index in [2.05, 4.69) is 9.75 Å². The summed E-state index contributed by atoms with van der Waals surface area (Å²) < 4.78 is 4.16. The highest BCUT2D eigenvalue weighted by Crippen LogP contribution is 2.39. The zero-order valence-corrected chi connectivity index (χ0v) is 5.24. The van der Waals surface area contributed by atoms with Gasteiger partial charge in [0, 0.05) is 5.92 Å². The van der Waals surface area contributed by atoms with Crippen molar-refractivity contribution in [3.63, 3.8) is 0 Å². The topological polar surface area (TPSA) is 12.9 Å². The van der Waals surface area contributed by atoms with Crippen molar-refractivity contribution in [3.05, 3.63) is 17.1 Å². The molecule has 2 rings (SSSR count). The fraction of sp³-hybridized carbons (Fsp3) is 0.500. The van der Waals surface area contributed by atoms with E-state index in [0.717, 1.165) is 5.92 Å². The Hall–Kier alpha value is -0.370. The first kappa shape index (κ1) is 4.50. The summed E-state index contributed by atoms with van der Waals surface area (Å²) >= 11 is 1.43. The van der Waals surface area contributed by atoms with Gasteiger partial charge in [-0.15, -0.1) is 0 Å². The smallest absolute Gasteiger partial charge is 0.0668 e. The molecule has 0 unspecified atom stereocenters. The molecule has 1 radical (unpaired) electrons. The van der Waals surface area contributed by atoms with Crippen LogP contribution in [0.4, 0.5) is 0 Å². The van der Waals surface area contributed by atoms with Crippen LogP contribution in [-0.4, -0.2) is 4.37 Å². The molecule has 0 aromatic carbocycles. The Morgan fingerprint density at radius 2 is 2.62 bits per heavy atom. The molecule has 41 valence electrons. The Labute approximate surface area is 52.5 Å². The standard InChI is InChI=1S/C6H6NS/c1-2-5(1)6-3-4-8-7-6/h3,5H,1-2H2. The molecule has 0 saturated heterocycles. The second-order valence-electron chi connectivity index (χ2n) is 2.14. The number of hydrogen-bond acceptors (Lipinski definition) is 2. The third-order valence-corrected chi connectivity index (χ3v) is 1.93. The highest BCUT2D eigenvalue weighted by molar-refractivity contribution is 7.03. The van der Waals surface area contributed by atoms with Gasteiger partial charge in [0.1, 0.15) is 0 Å². The molecule has 1 nitrogen and oxygen atoms in total. The van der Waals surface area contributed by atoms with Crippen LogP contribution in [0.5, 0.6) is 0 Å². The monoisotopic (exact) mass is 124 g/mol. The summed E-state index contributed by atoms with van der Waals surface area (Å²) in [5.74, 6) is 0.803. The van der Waals surface area contributed by atoms with Crippen molar-refractivity contribution in [2.75, 3.05) is 0 Å². The molecule has 1 aliphatic carbocycles. The molecule has 2 heteroatoms. The van der Waals surface area contributed by atoms with E-state index >= 15 is 0 Å². The molecule has 0 N–H and O–H groups in total. The van der Waals surface area contributed by atoms with E-state index in [-0.39, 0.29) is 0 Å². The zero-order chi connectivity index (χ0) is 5.40. The van der Waals surface area contributed by atoms with Crippen molar-refractivity contribution in [2.45, 2.75) is 18.8 Å². The lowest BCUT2D eigenvalue weighted by Crippen LogP contribution is -1.72. The average Bonchev–Trinajstić information content (AvgIpc) is 2.49. The lowest BCUT2D eigenvalue weighted by atomic mass is 10.3. The van der Waals surface area contributed by atoms with Crippen molar-refractivity contribution in [1.29, 1.82) is 0 Å². The molecule has 0 aliphatic heterocycles. The van der Waals surface area contributed by atoms with E-state index in [1.807, 2.05) is 6.07 Å². The molecule has 0 bridgehead atoms. The number of hydrogen-bond donors (Lipinski definition) is 0. The van der Waals surface area contributed by atoms with Gasteiger partial charge in [-0.2, -0.15) is 4.37 Å². The van der Waals surface area contributed by atoms with E-state index in [9.17, 15) is 0 Å². The number of nitrogens with zero attached hydrogens (tertiary/aromatic N) is 1. The van der Waals surface area contributed by atoms with Crippen molar-refractivity contribution in [3.8, 4) is 0 Å². The maximum Gasteiger partial charge on any atom is 0.0668 e. The normalized spacial score (nSPS) is 19.0. The molecule has 8 heavy (non-hydrogen) atoms. The predicted molar refractivity (Wildman–Crippen MR) is 32.9 cm³/mol. The van der Waals surface area contributed by atoms with Gasteiger partial charge in [0.2, 0.25) is 0 Å². The van der Waals surface area contributed by atoms with Crippen LogP contribution in [0.2, 0.25) is 0 Å². The quantitative estimate of drug-likeness (QED) is 0.556. The summed E-state index contributed by atoms with van der Waals surface area (Å²) in [6, 6.07) is 2.00. The minimum absolute atomic E-state index is 0.803. The van der Waals surface area contributed by atoms with Crippen LogP contribution in [0.1, 0.15) is 24.5 Å². The molecule has 0 spiro atoms. The Bertz CT molecular complexity index is 165. The third kappa shape index (κ3) is 0.650. The second-order valence-corrected chi connectivity index (χ2v) is 2.74. The van der Waals surface area contributed by atoms with Gasteiger partial charge in [0.15, 0.2) is 0 Å². The van der Waals surface area contributed by atoms with Crippen molar-refractivity contribution < 1.29 is 0 Å². The molecule has 1 aromatic rings. The van der Waals surface area contributed by atoms with Crippen LogP contribution in [0.25, 0.3) is 0 Å². The molecule has 0 amide bonds. The van der Waals surface area contributed by atoms with Crippen LogP contribution in [0.3, 0.4) is 0 Å². The summed E-state index contributed by atoms with van der Waals surface area (Å²) in [4.78, 5) is 0. The lowest BCUT2D eigenvalue weighted by molar-refractivity contribution is 1.07. The maximum absolute atomic E-state index is 4.16. The average molecular weight is 124 g/mol. The fourth-order valence-electron chi connectivity index (χ4n) is 0.764. The van der Waals surface area contributed by atoms with Crippen LogP contribution < -0.4 is 0 Å². The summed E-state index contributed by atoms with van der Waals surface area (Å²) in [6.45, 7) is 0. The molecular formula is C6H6NS. The summed E-state index contributed by atoms with van der Waals surface area (Å²) in [6.07, 6.45) is 2.69. The molecule has 1 fully saturated rings. The highest BCUT2D eigenvalue weighted by Gasteiger charge is 2.24. The van der Waals surface area contributed by atoms with Crippen LogP contribution in [-0.2, 0) is 0 Å². The van der Waals surface area contributed by atoms with Crippen molar-refractivity contribution >= 4 is 11.5 Å². The molecule has 1 heterocycles. The first-order valence-electron chi connectivity index (χ1n) is 2.79.